The fraction of sp³-hybridized carbons (Fsp3) is 0.667. The fourth-order valence-electron chi connectivity index (χ4n) is 0.747. The molecule has 0 aliphatic rings. The largest absolute Gasteiger partial charge is 0.518 e. The Hall–Kier alpha value is -1.17. The molecule has 0 aliphatic heterocycles. The Morgan fingerprint density at radius 1 is 1.20 bits per heavy atom. The first kappa shape index (κ1) is 13.8. The van der Waals surface area contributed by atoms with Crippen molar-refractivity contribution in [1.82, 2.24) is 5.32 Å². The van der Waals surface area contributed by atoms with Gasteiger partial charge in [0.15, 0.2) is 0 Å². The van der Waals surface area contributed by atoms with Gasteiger partial charge in [-0.2, -0.15) is 0 Å². The molecular weight excluding hydrogens is 214 g/mol. The van der Waals surface area contributed by atoms with E-state index in [1.165, 1.54) is 6.92 Å². The highest BCUT2D eigenvalue weighted by Gasteiger charge is 2.25. The number of carbonyl (C=O) groups excluding carboxylic acids is 3. The third kappa shape index (κ3) is 6.00. The van der Waals surface area contributed by atoms with Gasteiger partial charge >= 0.3 is 5.97 Å². The van der Waals surface area contributed by atoms with Gasteiger partial charge in [0.2, 0.25) is 14.1 Å². The molecule has 0 rings (SSSR count). The summed E-state index contributed by atoms with van der Waals surface area (Å²) in [6.45, 7) is 8.23. The average Bonchev–Trinajstić information content (AvgIpc) is 2.00. The zero-order valence-electron chi connectivity index (χ0n) is 9.71. The highest BCUT2D eigenvalue weighted by Crippen LogP contribution is 2.04. The monoisotopic (exact) mass is 231 g/mol. The first-order chi connectivity index (χ1) is 6.63. The maximum atomic E-state index is 11.4. The van der Waals surface area contributed by atoms with E-state index in [0.717, 1.165) is 6.92 Å². The Morgan fingerprint density at radius 3 is 2.00 bits per heavy atom. The summed E-state index contributed by atoms with van der Waals surface area (Å²) in [5, 5.41) is 2.26. The maximum absolute atomic E-state index is 11.4. The standard InChI is InChI=1S/C9H17NO4Si/c1-6(10-8(12)7(2)11)9(13)14-15(3,4)5/h6H,1-5H3,(H,10,12)/t6-/m0/s1. The van der Waals surface area contributed by atoms with E-state index in [4.69, 9.17) is 4.43 Å². The molecule has 0 aromatic rings. The van der Waals surface area contributed by atoms with Crippen molar-refractivity contribution < 1.29 is 18.8 Å². The summed E-state index contributed by atoms with van der Waals surface area (Å²) >= 11 is 0. The third-order valence-electron chi connectivity index (χ3n) is 1.43. The van der Waals surface area contributed by atoms with Crippen LogP contribution in [0.1, 0.15) is 13.8 Å². The molecule has 0 unspecified atom stereocenters. The fourth-order valence-corrected chi connectivity index (χ4v) is 1.53. The summed E-state index contributed by atoms with van der Waals surface area (Å²) in [5.74, 6) is -1.89. The lowest BCUT2D eigenvalue weighted by molar-refractivity contribution is -0.142. The van der Waals surface area contributed by atoms with Crippen LogP contribution in [-0.2, 0) is 18.8 Å². The molecule has 1 N–H and O–H groups in total. The number of carbonyl (C=O) groups is 3. The summed E-state index contributed by atoms with van der Waals surface area (Å²) in [6, 6.07) is -0.784. The quantitative estimate of drug-likeness (QED) is 0.563. The molecule has 0 spiro atoms. The zero-order chi connectivity index (χ0) is 12.2. The van der Waals surface area contributed by atoms with Crippen LogP contribution in [0.25, 0.3) is 0 Å². The van der Waals surface area contributed by atoms with E-state index >= 15 is 0 Å². The van der Waals surface area contributed by atoms with Crippen molar-refractivity contribution in [2.45, 2.75) is 39.5 Å². The van der Waals surface area contributed by atoms with E-state index in [0.29, 0.717) is 0 Å². The van der Waals surface area contributed by atoms with Crippen molar-refractivity contribution in [3.63, 3.8) is 0 Å². The van der Waals surface area contributed by atoms with Gasteiger partial charge in [-0.15, -0.1) is 0 Å². The van der Waals surface area contributed by atoms with Crippen LogP contribution >= 0.6 is 0 Å². The van der Waals surface area contributed by atoms with Gasteiger partial charge in [0.1, 0.15) is 6.04 Å². The molecule has 1 amide bonds. The number of rotatable bonds is 4. The first-order valence-electron chi connectivity index (χ1n) is 4.68. The van der Waals surface area contributed by atoms with Crippen LogP contribution in [0.15, 0.2) is 0 Å². The van der Waals surface area contributed by atoms with Crippen LogP contribution in [0.4, 0.5) is 0 Å². The number of amides is 1. The van der Waals surface area contributed by atoms with E-state index in [1.54, 1.807) is 0 Å². The molecule has 1 atom stereocenters. The second kappa shape index (κ2) is 5.06. The molecule has 0 bridgehead atoms. The van der Waals surface area contributed by atoms with Gasteiger partial charge in [-0.3, -0.25) is 14.4 Å². The van der Waals surface area contributed by atoms with Crippen molar-refractivity contribution in [3.05, 3.63) is 0 Å². The van der Waals surface area contributed by atoms with Gasteiger partial charge in [0.25, 0.3) is 5.91 Å². The van der Waals surface area contributed by atoms with E-state index in [1.807, 2.05) is 19.6 Å². The highest BCUT2D eigenvalue weighted by atomic mass is 28.4. The minimum atomic E-state index is -1.95. The van der Waals surface area contributed by atoms with Gasteiger partial charge < -0.3 is 9.74 Å². The van der Waals surface area contributed by atoms with E-state index in [9.17, 15) is 14.4 Å². The second-order valence-electron chi connectivity index (χ2n) is 4.28. The van der Waals surface area contributed by atoms with E-state index in [2.05, 4.69) is 5.32 Å². The predicted molar refractivity (Wildman–Crippen MR) is 57.7 cm³/mol. The minimum Gasteiger partial charge on any atom is -0.518 e. The number of hydrogen-bond donors (Lipinski definition) is 1. The maximum Gasteiger partial charge on any atom is 0.315 e. The lowest BCUT2D eigenvalue weighted by atomic mass is 10.3. The van der Waals surface area contributed by atoms with Crippen LogP contribution in [-0.4, -0.2) is 32.0 Å². The Bertz CT molecular complexity index is 282. The Kier molecular flexibility index (Phi) is 4.67. The van der Waals surface area contributed by atoms with Crippen LogP contribution in [0.5, 0.6) is 0 Å². The molecule has 0 aromatic heterocycles. The molecule has 0 heterocycles. The van der Waals surface area contributed by atoms with E-state index in [-0.39, 0.29) is 0 Å². The van der Waals surface area contributed by atoms with Gasteiger partial charge in [-0.05, 0) is 26.6 Å². The Morgan fingerprint density at radius 2 is 1.67 bits per heavy atom. The normalized spacial score (nSPS) is 12.9. The summed E-state index contributed by atoms with van der Waals surface area (Å²) in [6.07, 6.45) is 0. The minimum absolute atomic E-state index is 0.497. The van der Waals surface area contributed by atoms with Gasteiger partial charge in [0, 0.05) is 6.92 Å². The number of Topliss-reactive ketones (excluding diaryl/α,β-unsaturated/α-hetero) is 1. The predicted octanol–water partition coefficient (Wildman–Crippen LogP) is 0.458. The molecule has 0 fully saturated rings. The second-order valence-corrected chi connectivity index (χ2v) is 8.71. The van der Waals surface area contributed by atoms with Crippen LogP contribution < -0.4 is 5.32 Å². The molecule has 0 aliphatic carbocycles. The Balaban J connectivity index is 4.23. The van der Waals surface area contributed by atoms with Gasteiger partial charge in [-0.1, -0.05) is 0 Å². The zero-order valence-corrected chi connectivity index (χ0v) is 10.7. The molecule has 0 radical (unpaired) electrons. The number of hydrogen-bond acceptors (Lipinski definition) is 4. The summed E-state index contributed by atoms with van der Waals surface area (Å²) in [7, 11) is -1.95. The summed E-state index contributed by atoms with van der Waals surface area (Å²) < 4.78 is 5.15. The van der Waals surface area contributed by atoms with Crippen molar-refractivity contribution in [3.8, 4) is 0 Å². The Labute approximate surface area is 90.3 Å². The van der Waals surface area contributed by atoms with Crippen LogP contribution in [0.3, 0.4) is 0 Å². The molecule has 0 saturated carbocycles. The van der Waals surface area contributed by atoms with Crippen molar-refractivity contribution >= 4 is 26.0 Å². The number of nitrogens with one attached hydrogen (secondary N) is 1. The van der Waals surface area contributed by atoms with E-state index < -0.39 is 32.0 Å². The lowest BCUT2D eigenvalue weighted by Gasteiger charge is -2.20. The molecule has 6 heteroatoms. The van der Waals surface area contributed by atoms with Crippen LogP contribution in [0, 0.1) is 0 Å². The molecule has 0 aromatic carbocycles. The SMILES string of the molecule is CC(=O)C(=O)N[C@@H](C)C(=O)O[Si](C)(C)C. The van der Waals surface area contributed by atoms with Crippen LogP contribution in [0.2, 0.25) is 19.6 Å². The summed E-state index contributed by atoms with van der Waals surface area (Å²) in [5.41, 5.74) is 0. The molecule has 5 nitrogen and oxygen atoms in total. The average molecular weight is 231 g/mol. The topological polar surface area (TPSA) is 72.5 Å². The van der Waals surface area contributed by atoms with Crippen molar-refractivity contribution in [2.75, 3.05) is 0 Å². The van der Waals surface area contributed by atoms with Gasteiger partial charge in [0.05, 0.1) is 0 Å². The number of ketones is 1. The lowest BCUT2D eigenvalue weighted by Crippen LogP contribution is -2.45. The van der Waals surface area contributed by atoms with Gasteiger partial charge in [-0.25, -0.2) is 0 Å². The molecule has 15 heavy (non-hydrogen) atoms. The molecular formula is C9H17NO4Si. The van der Waals surface area contributed by atoms with Crippen molar-refractivity contribution in [1.29, 1.82) is 0 Å². The summed E-state index contributed by atoms with van der Waals surface area (Å²) in [4.78, 5) is 33.0. The third-order valence-corrected chi connectivity index (χ3v) is 2.24. The first-order valence-corrected chi connectivity index (χ1v) is 8.08. The molecule has 86 valence electrons. The smallest absolute Gasteiger partial charge is 0.315 e. The van der Waals surface area contributed by atoms with Crippen molar-refractivity contribution in [2.24, 2.45) is 0 Å². The highest BCUT2D eigenvalue weighted by molar-refractivity contribution is 6.71. The molecule has 0 saturated heterocycles.